The van der Waals surface area contributed by atoms with Crippen molar-refractivity contribution in [3.8, 4) is 5.75 Å². The van der Waals surface area contributed by atoms with Crippen LogP contribution < -0.4 is 15.4 Å². The van der Waals surface area contributed by atoms with Crippen LogP contribution in [0.5, 0.6) is 5.75 Å². The number of hydrogen-bond acceptors (Lipinski definition) is 5. The second-order valence-electron chi connectivity index (χ2n) is 7.86. The second-order valence-corrected chi connectivity index (χ2v) is 8.86. The van der Waals surface area contributed by atoms with E-state index in [1.54, 1.807) is 34.4 Å². The first-order valence-electron chi connectivity index (χ1n) is 10.8. The van der Waals surface area contributed by atoms with Crippen molar-refractivity contribution in [2.75, 3.05) is 24.3 Å². The van der Waals surface area contributed by atoms with Gasteiger partial charge in [-0.05, 0) is 59.8 Å². The Morgan fingerprint density at radius 2 is 1.94 bits per heavy atom. The summed E-state index contributed by atoms with van der Waals surface area (Å²) in [5.41, 5.74) is 2.10. The Hall–Kier alpha value is -3.72. The number of nitrogens with zero attached hydrogens (tertiary/aromatic N) is 1. The van der Waals surface area contributed by atoms with Crippen LogP contribution in [0.25, 0.3) is 0 Å². The molecule has 2 aromatic carbocycles. The highest BCUT2D eigenvalue weighted by Gasteiger charge is 2.22. The van der Waals surface area contributed by atoms with Crippen molar-refractivity contribution in [3.05, 3.63) is 75.7 Å². The molecule has 9 heteroatoms. The predicted molar refractivity (Wildman–Crippen MR) is 129 cm³/mol. The number of ether oxygens (including phenoxy) is 1. The van der Waals surface area contributed by atoms with E-state index in [0.717, 1.165) is 12.5 Å². The van der Waals surface area contributed by atoms with E-state index in [1.807, 2.05) is 11.4 Å². The molecule has 0 saturated heterocycles. The molecular weight excluding hydrogens is 457 g/mol. The minimum Gasteiger partial charge on any atom is -0.495 e. The molecule has 0 fully saturated rings. The zero-order valence-corrected chi connectivity index (χ0v) is 19.4. The number of carbonyl (C=O) groups is 3. The van der Waals surface area contributed by atoms with Gasteiger partial charge in [0.25, 0.3) is 5.91 Å². The van der Waals surface area contributed by atoms with E-state index in [2.05, 4.69) is 10.6 Å². The summed E-state index contributed by atoms with van der Waals surface area (Å²) < 4.78 is 18.7. The topological polar surface area (TPSA) is 87.7 Å². The van der Waals surface area contributed by atoms with Crippen LogP contribution in [0.15, 0.2) is 53.9 Å². The summed E-state index contributed by atoms with van der Waals surface area (Å²) in [6.45, 7) is 1.26. The minimum absolute atomic E-state index is 0.0445. The van der Waals surface area contributed by atoms with Crippen LogP contribution in [0.2, 0.25) is 0 Å². The van der Waals surface area contributed by atoms with E-state index in [9.17, 15) is 18.8 Å². The molecule has 2 heterocycles. The molecule has 1 aliphatic heterocycles. The summed E-state index contributed by atoms with van der Waals surface area (Å²) in [4.78, 5) is 40.6. The van der Waals surface area contributed by atoms with E-state index in [4.69, 9.17) is 4.74 Å². The number of methoxy groups -OCH3 is 1. The smallest absolute Gasteiger partial charge is 0.255 e. The van der Waals surface area contributed by atoms with Crippen LogP contribution in [-0.2, 0) is 22.6 Å². The molecule has 3 amide bonds. The van der Waals surface area contributed by atoms with Crippen LogP contribution >= 0.6 is 11.3 Å². The molecule has 7 nitrogen and oxygen atoms in total. The third-order valence-corrected chi connectivity index (χ3v) is 6.57. The van der Waals surface area contributed by atoms with Crippen LogP contribution in [0.3, 0.4) is 0 Å². The van der Waals surface area contributed by atoms with Crippen molar-refractivity contribution in [2.24, 2.45) is 0 Å². The lowest BCUT2D eigenvalue weighted by Gasteiger charge is -2.27. The van der Waals surface area contributed by atoms with Crippen LogP contribution in [0, 0.1) is 5.82 Å². The Morgan fingerprint density at radius 3 is 2.74 bits per heavy atom. The van der Waals surface area contributed by atoms with Gasteiger partial charge in [0.1, 0.15) is 11.6 Å². The lowest BCUT2D eigenvalue weighted by molar-refractivity contribution is -0.133. The number of rotatable bonds is 7. The number of amides is 3. The van der Waals surface area contributed by atoms with Gasteiger partial charge in [-0.25, -0.2) is 4.39 Å². The Bertz CT molecular complexity index is 1230. The first kappa shape index (κ1) is 23.4. The Kier molecular flexibility index (Phi) is 7.22. The molecule has 0 radical (unpaired) electrons. The van der Waals surface area contributed by atoms with Gasteiger partial charge in [0.2, 0.25) is 11.8 Å². The summed E-state index contributed by atoms with van der Waals surface area (Å²) in [5, 5.41) is 7.46. The maximum absolute atomic E-state index is 13.4. The number of fused-ring (bicyclic) bond motifs is 1. The molecule has 0 saturated carbocycles. The van der Waals surface area contributed by atoms with Crippen molar-refractivity contribution < 1.29 is 23.5 Å². The van der Waals surface area contributed by atoms with Gasteiger partial charge in [0.05, 0.1) is 12.8 Å². The molecule has 0 bridgehead atoms. The van der Waals surface area contributed by atoms with Crippen LogP contribution in [0.4, 0.5) is 15.8 Å². The van der Waals surface area contributed by atoms with Crippen molar-refractivity contribution in [3.63, 3.8) is 0 Å². The zero-order chi connectivity index (χ0) is 24.1. The van der Waals surface area contributed by atoms with Crippen molar-refractivity contribution in [1.82, 2.24) is 4.90 Å². The third kappa shape index (κ3) is 5.60. The van der Waals surface area contributed by atoms with Gasteiger partial charge in [-0.2, -0.15) is 0 Å². The van der Waals surface area contributed by atoms with Crippen LogP contribution in [0.1, 0.15) is 33.6 Å². The average molecular weight is 482 g/mol. The largest absolute Gasteiger partial charge is 0.495 e. The maximum Gasteiger partial charge on any atom is 0.255 e. The fraction of sp³-hybridized carbons (Fsp3) is 0.240. The number of carbonyl (C=O) groups excluding carboxylic acids is 3. The van der Waals surface area contributed by atoms with Gasteiger partial charge < -0.3 is 20.3 Å². The Morgan fingerprint density at radius 1 is 1.09 bits per heavy atom. The number of benzene rings is 2. The third-order valence-electron chi connectivity index (χ3n) is 5.54. The second kappa shape index (κ2) is 10.5. The number of anilines is 2. The highest BCUT2D eigenvalue weighted by Crippen LogP contribution is 2.29. The number of nitrogens with one attached hydrogen (secondary N) is 2. The van der Waals surface area contributed by atoms with Crippen molar-refractivity contribution in [2.45, 2.75) is 25.8 Å². The summed E-state index contributed by atoms with van der Waals surface area (Å²) in [6, 6.07) is 12.2. The van der Waals surface area contributed by atoms with Crippen molar-refractivity contribution >= 4 is 40.4 Å². The fourth-order valence-corrected chi connectivity index (χ4v) is 4.66. The average Bonchev–Trinajstić information content (AvgIpc) is 3.31. The highest BCUT2D eigenvalue weighted by atomic mass is 32.1. The van der Waals surface area contributed by atoms with Gasteiger partial charge in [-0.1, -0.05) is 6.07 Å². The predicted octanol–water partition coefficient (Wildman–Crippen LogP) is 4.45. The quantitative estimate of drug-likeness (QED) is 0.522. The maximum atomic E-state index is 13.4. The lowest BCUT2D eigenvalue weighted by Crippen LogP contribution is -2.35. The van der Waals surface area contributed by atoms with E-state index in [1.165, 1.54) is 35.7 Å². The Labute approximate surface area is 200 Å². The molecule has 0 atom stereocenters. The highest BCUT2D eigenvalue weighted by molar-refractivity contribution is 7.10. The van der Waals surface area contributed by atoms with E-state index in [-0.39, 0.29) is 30.2 Å². The van der Waals surface area contributed by atoms with Gasteiger partial charge in [0, 0.05) is 42.1 Å². The van der Waals surface area contributed by atoms with Crippen LogP contribution in [-0.4, -0.2) is 36.3 Å². The Balaban J connectivity index is 1.34. The molecule has 4 rings (SSSR count). The monoisotopic (exact) mass is 481 g/mol. The standard InChI is InChI=1S/C25H24FN3O4S/c1-33-21-6-5-19(14-20(21)28-25(32)16-3-2-4-18(26)13-16)27-23(30)7-8-24(31)29-11-9-22-17(15-29)10-12-34-22/h2-6,10,12-14H,7-9,11,15H2,1H3,(H,27,30)(H,28,32). The zero-order valence-electron chi connectivity index (χ0n) is 18.6. The first-order chi connectivity index (χ1) is 16.4. The molecule has 0 spiro atoms. The van der Waals surface area contributed by atoms with E-state index in [0.29, 0.717) is 30.2 Å². The molecule has 1 aromatic heterocycles. The summed E-state index contributed by atoms with van der Waals surface area (Å²) in [5.74, 6) is -1.01. The normalized spacial score (nSPS) is 12.6. The fourth-order valence-electron chi connectivity index (χ4n) is 3.77. The molecule has 3 aromatic rings. The lowest BCUT2D eigenvalue weighted by atomic mass is 10.1. The number of thiophene rings is 1. The summed E-state index contributed by atoms with van der Waals surface area (Å²) in [7, 11) is 1.46. The van der Waals surface area contributed by atoms with Gasteiger partial charge >= 0.3 is 0 Å². The molecule has 1 aliphatic rings. The SMILES string of the molecule is COc1ccc(NC(=O)CCC(=O)N2CCc3sccc3C2)cc1NC(=O)c1cccc(F)c1. The molecule has 0 aliphatic carbocycles. The van der Waals surface area contributed by atoms with Gasteiger partial charge in [-0.3, -0.25) is 14.4 Å². The summed E-state index contributed by atoms with van der Waals surface area (Å²) in [6.07, 6.45) is 1.01. The molecule has 34 heavy (non-hydrogen) atoms. The first-order valence-corrected chi connectivity index (χ1v) is 11.7. The van der Waals surface area contributed by atoms with Gasteiger partial charge in [-0.15, -0.1) is 11.3 Å². The molecule has 176 valence electrons. The van der Waals surface area contributed by atoms with E-state index >= 15 is 0 Å². The summed E-state index contributed by atoms with van der Waals surface area (Å²) >= 11 is 1.71. The molecular formula is C25H24FN3O4S. The van der Waals surface area contributed by atoms with Gasteiger partial charge in [0.15, 0.2) is 0 Å². The number of halogens is 1. The number of hydrogen-bond donors (Lipinski definition) is 2. The van der Waals surface area contributed by atoms with Crippen molar-refractivity contribution in [1.29, 1.82) is 0 Å². The van der Waals surface area contributed by atoms with E-state index < -0.39 is 11.7 Å². The molecule has 2 N–H and O–H groups in total. The minimum atomic E-state index is -0.518. The molecule has 0 unspecified atom stereocenters.